The van der Waals surface area contributed by atoms with Crippen LogP contribution in [0.1, 0.15) is 29.8 Å². The highest BCUT2D eigenvalue weighted by Crippen LogP contribution is 2.37. The van der Waals surface area contributed by atoms with Crippen LogP contribution in [0.4, 0.5) is 0 Å². The van der Waals surface area contributed by atoms with Gasteiger partial charge >= 0.3 is 0 Å². The van der Waals surface area contributed by atoms with Crippen molar-refractivity contribution in [1.82, 2.24) is 5.32 Å². The average Bonchev–Trinajstić information content (AvgIpc) is 2.77. The fourth-order valence-electron chi connectivity index (χ4n) is 2.72. The van der Waals surface area contributed by atoms with Crippen LogP contribution in [0.2, 0.25) is 0 Å². The topological polar surface area (TPSA) is 63.2 Å². The maximum absolute atomic E-state index is 12.9. The fraction of sp³-hybridized carbons (Fsp3) is 0.211. The Morgan fingerprint density at radius 3 is 2.25 bits per heavy atom. The standard InChI is InChI=1S/C19H19NO3S/c1-13(2)12-20-17(14-8-4-3-5-9-14)19-18(21)15-10-6-7-11-16(15)24(19,22)23/h3-11,13,20H,12H2,1-2H3/b19-17+. The summed E-state index contributed by atoms with van der Waals surface area (Å²) in [6.07, 6.45) is 0. The maximum Gasteiger partial charge on any atom is 0.213 e. The van der Waals surface area contributed by atoms with Gasteiger partial charge in [-0.3, -0.25) is 4.79 Å². The molecule has 0 amide bonds. The number of sulfone groups is 1. The Kier molecular flexibility index (Phi) is 4.28. The number of carbonyl (C=O) groups is 1. The second-order valence-electron chi connectivity index (χ2n) is 6.17. The Morgan fingerprint density at radius 1 is 1.00 bits per heavy atom. The minimum Gasteiger partial charge on any atom is -0.383 e. The summed E-state index contributed by atoms with van der Waals surface area (Å²) in [6.45, 7) is 4.63. The largest absolute Gasteiger partial charge is 0.383 e. The molecule has 0 saturated heterocycles. The fourth-order valence-corrected chi connectivity index (χ4v) is 4.46. The van der Waals surface area contributed by atoms with Gasteiger partial charge in [0.2, 0.25) is 15.6 Å². The van der Waals surface area contributed by atoms with E-state index in [0.717, 1.165) is 0 Å². The minimum absolute atomic E-state index is 0.0878. The molecule has 0 aromatic heterocycles. The molecule has 1 aliphatic heterocycles. The highest BCUT2D eigenvalue weighted by Gasteiger charge is 2.41. The SMILES string of the molecule is CC(C)CN/C(=C1\C(=O)c2ccccc2S1(=O)=O)c1ccccc1. The van der Waals surface area contributed by atoms with Gasteiger partial charge in [-0.15, -0.1) is 0 Å². The first-order valence-electron chi connectivity index (χ1n) is 7.85. The number of carbonyl (C=O) groups excluding carboxylic acids is 1. The molecular formula is C19H19NO3S. The van der Waals surface area contributed by atoms with Gasteiger partial charge in [0.15, 0.2) is 0 Å². The Bertz CT molecular complexity index is 913. The van der Waals surface area contributed by atoms with E-state index in [1.165, 1.54) is 6.07 Å². The molecule has 24 heavy (non-hydrogen) atoms. The molecule has 2 aromatic rings. The third kappa shape index (κ3) is 2.76. The summed E-state index contributed by atoms with van der Waals surface area (Å²) < 4.78 is 25.9. The van der Waals surface area contributed by atoms with E-state index in [1.807, 2.05) is 32.0 Å². The van der Waals surface area contributed by atoms with Crippen molar-refractivity contribution in [3.8, 4) is 0 Å². The van der Waals surface area contributed by atoms with E-state index in [1.54, 1.807) is 30.3 Å². The summed E-state index contributed by atoms with van der Waals surface area (Å²) in [5, 5.41) is 3.18. The number of fused-ring (bicyclic) bond motifs is 1. The molecule has 0 unspecified atom stereocenters. The summed E-state index contributed by atoms with van der Waals surface area (Å²) in [5.74, 6) is -0.133. The number of nitrogens with one attached hydrogen (secondary N) is 1. The first kappa shape index (κ1) is 16.5. The second-order valence-corrected chi connectivity index (χ2v) is 8.03. The predicted molar refractivity (Wildman–Crippen MR) is 94.2 cm³/mol. The Hall–Kier alpha value is -2.40. The third-order valence-electron chi connectivity index (χ3n) is 3.87. The van der Waals surface area contributed by atoms with Gasteiger partial charge in [-0.25, -0.2) is 8.42 Å². The van der Waals surface area contributed by atoms with Crippen molar-refractivity contribution in [1.29, 1.82) is 0 Å². The molecule has 3 rings (SSSR count). The zero-order valence-corrected chi connectivity index (χ0v) is 14.4. The number of benzene rings is 2. The van der Waals surface area contributed by atoms with Gasteiger partial charge in [0.1, 0.15) is 4.91 Å². The van der Waals surface area contributed by atoms with Crippen molar-refractivity contribution in [2.24, 2.45) is 5.92 Å². The lowest BCUT2D eigenvalue weighted by molar-refractivity contribution is 0.104. The number of ketones is 1. The van der Waals surface area contributed by atoms with Gasteiger partial charge in [-0.05, 0) is 23.6 Å². The van der Waals surface area contributed by atoms with Crippen LogP contribution < -0.4 is 5.32 Å². The number of hydrogen-bond acceptors (Lipinski definition) is 4. The Morgan fingerprint density at radius 2 is 1.62 bits per heavy atom. The summed E-state index contributed by atoms with van der Waals surface area (Å²) in [7, 11) is -3.82. The molecule has 5 heteroatoms. The molecule has 0 saturated carbocycles. The van der Waals surface area contributed by atoms with E-state index in [2.05, 4.69) is 5.32 Å². The maximum atomic E-state index is 12.9. The number of Topliss-reactive ketones (excluding diaryl/α,β-unsaturated/α-hetero) is 1. The van der Waals surface area contributed by atoms with Crippen LogP contribution in [0.15, 0.2) is 64.4 Å². The van der Waals surface area contributed by atoms with Crippen LogP contribution in [-0.4, -0.2) is 20.7 Å². The van der Waals surface area contributed by atoms with E-state index >= 15 is 0 Å². The molecular weight excluding hydrogens is 322 g/mol. The van der Waals surface area contributed by atoms with E-state index in [-0.39, 0.29) is 15.4 Å². The molecule has 2 aromatic carbocycles. The molecule has 0 aliphatic carbocycles. The van der Waals surface area contributed by atoms with Gasteiger partial charge in [0, 0.05) is 12.1 Å². The van der Waals surface area contributed by atoms with Crippen molar-refractivity contribution in [2.45, 2.75) is 18.7 Å². The molecule has 124 valence electrons. The van der Waals surface area contributed by atoms with Crippen molar-refractivity contribution >= 4 is 21.3 Å². The minimum atomic E-state index is -3.82. The molecule has 0 atom stereocenters. The van der Waals surface area contributed by atoms with Gasteiger partial charge < -0.3 is 5.32 Å². The van der Waals surface area contributed by atoms with Crippen molar-refractivity contribution < 1.29 is 13.2 Å². The molecule has 4 nitrogen and oxygen atoms in total. The van der Waals surface area contributed by atoms with Crippen LogP contribution >= 0.6 is 0 Å². The smallest absolute Gasteiger partial charge is 0.213 e. The first-order valence-corrected chi connectivity index (χ1v) is 9.33. The van der Waals surface area contributed by atoms with Crippen LogP contribution in [0.5, 0.6) is 0 Å². The molecule has 0 bridgehead atoms. The summed E-state index contributed by atoms with van der Waals surface area (Å²) in [4.78, 5) is 12.7. The summed E-state index contributed by atoms with van der Waals surface area (Å²) in [6, 6.07) is 15.5. The molecule has 0 fully saturated rings. The quantitative estimate of drug-likeness (QED) is 0.867. The van der Waals surface area contributed by atoms with E-state index in [4.69, 9.17) is 0 Å². The summed E-state index contributed by atoms with van der Waals surface area (Å²) in [5.41, 5.74) is 1.32. The van der Waals surface area contributed by atoms with Crippen LogP contribution in [0.3, 0.4) is 0 Å². The lowest BCUT2D eigenvalue weighted by Gasteiger charge is -2.15. The van der Waals surface area contributed by atoms with Gasteiger partial charge in [0.05, 0.1) is 10.6 Å². The second kappa shape index (κ2) is 6.24. The zero-order chi connectivity index (χ0) is 17.3. The van der Waals surface area contributed by atoms with Crippen LogP contribution in [-0.2, 0) is 9.84 Å². The highest BCUT2D eigenvalue weighted by atomic mass is 32.2. The normalized spacial score (nSPS) is 17.7. The molecule has 0 spiro atoms. The zero-order valence-electron chi connectivity index (χ0n) is 13.6. The summed E-state index contributed by atoms with van der Waals surface area (Å²) >= 11 is 0. The lowest BCUT2D eigenvalue weighted by Crippen LogP contribution is -2.22. The third-order valence-corrected chi connectivity index (χ3v) is 5.73. The first-order chi connectivity index (χ1) is 11.4. The Labute approximate surface area is 142 Å². The number of allylic oxidation sites excluding steroid dienone is 1. The van der Waals surface area contributed by atoms with Crippen molar-refractivity contribution in [2.75, 3.05) is 6.54 Å². The van der Waals surface area contributed by atoms with Gasteiger partial charge in [0.25, 0.3) is 0 Å². The molecule has 0 radical (unpaired) electrons. The highest BCUT2D eigenvalue weighted by molar-refractivity contribution is 7.97. The molecule has 1 N–H and O–H groups in total. The van der Waals surface area contributed by atoms with Gasteiger partial charge in [-0.1, -0.05) is 56.3 Å². The van der Waals surface area contributed by atoms with Gasteiger partial charge in [-0.2, -0.15) is 0 Å². The predicted octanol–water partition coefficient (Wildman–Crippen LogP) is 3.27. The van der Waals surface area contributed by atoms with Crippen LogP contribution in [0, 0.1) is 5.92 Å². The number of rotatable bonds is 4. The van der Waals surface area contributed by atoms with E-state index in [9.17, 15) is 13.2 Å². The van der Waals surface area contributed by atoms with Crippen LogP contribution in [0.25, 0.3) is 5.70 Å². The number of hydrogen-bond donors (Lipinski definition) is 1. The molecule has 1 heterocycles. The molecule has 1 aliphatic rings. The van der Waals surface area contributed by atoms with E-state index in [0.29, 0.717) is 23.7 Å². The monoisotopic (exact) mass is 341 g/mol. The lowest BCUT2D eigenvalue weighted by atomic mass is 10.1. The van der Waals surface area contributed by atoms with E-state index < -0.39 is 15.6 Å². The van der Waals surface area contributed by atoms with Crippen molar-refractivity contribution in [3.05, 3.63) is 70.6 Å². The Balaban J connectivity index is 2.24. The van der Waals surface area contributed by atoms with Crippen molar-refractivity contribution in [3.63, 3.8) is 0 Å². The average molecular weight is 341 g/mol.